The van der Waals surface area contributed by atoms with Crippen LogP contribution >= 0.6 is 0 Å². The van der Waals surface area contributed by atoms with Crippen LogP contribution in [0, 0.1) is 0 Å². The van der Waals surface area contributed by atoms with Gasteiger partial charge in [-0.1, -0.05) is 133 Å². The highest BCUT2D eigenvalue weighted by Crippen LogP contribution is 2.42. The number of hydrogen-bond donors (Lipinski definition) is 0. The monoisotopic (exact) mass is 663 g/mol. The molecule has 0 fully saturated rings. The fourth-order valence-corrected chi connectivity index (χ4v) is 7.95. The highest BCUT2D eigenvalue weighted by molar-refractivity contribution is 6.16. The second kappa shape index (κ2) is 11.2. The Bertz CT molecular complexity index is 3180. The van der Waals surface area contributed by atoms with Crippen LogP contribution in [0.3, 0.4) is 0 Å². The Morgan fingerprint density at radius 1 is 0.423 bits per heavy atom. The van der Waals surface area contributed by atoms with Gasteiger partial charge in [0.25, 0.3) is 0 Å². The minimum atomic E-state index is 0.665. The van der Waals surface area contributed by atoms with E-state index in [-0.39, 0.29) is 0 Å². The van der Waals surface area contributed by atoms with E-state index in [0.717, 1.165) is 60.9 Å². The van der Waals surface area contributed by atoms with Gasteiger partial charge in [0.05, 0.1) is 16.7 Å². The standard InChI is InChI=1S/C48H29N3O/c1-3-13-30(14-4-1)34-23-26-44-40(28-34)46-47(52-44)45(49-48(50-46)31-15-5-2-6-16-31)38-24-25-42(36-20-10-9-19-35(36)38)51-41-22-12-11-21-37(41)39-27-32-17-7-8-18-33(32)29-43(39)51/h1-29H. The van der Waals surface area contributed by atoms with Crippen molar-refractivity contribution < 1.29 is 4.42 Å². The molecule has 0 N–H and O–H groups in total. The first-order valence-corrected chi connectivity index (χ1v) is 17.6. The highest BCUT2D eigenvalue weighted by atomic mass is 16.3. The van der Waals surface area contributed by atoms with E-state index in [4.69, 9.17) is 14.4 Å². The van der Waals surface area contributed by atoms with Crippen molar-refractivity contribution in [1.29, 1.82) is 0 Å². The van der Waals surface area contributed by atoms with Gasteiger partial charge in [-0.15, -0.1) is 0 Å². The van der Waals surface area contributed by atoms with Gasteiger partial charge in [-0.25, -0.2) is 9.97 Å². The van der Waals surface area contributed by atoms with Crippen molar-refractivity contribution in [1.82, 2.24) is 14.5 Å². The predicted octanol–water partition coefficient (Wildman–Crippen LogP) is 12.8. The number of fused-ring (bicyclic) bond motifs is 8. The summed E-state index contributed by atoms with van der Waals surface area (Å²) in [5.74, 6) is 0.665. The number of hydrogen-bond acceptors (Lipinski definition) is 3. The number of rotatable bonds is 4. The number of benzene rings is 8. The molecule has 0 amide bonds. The van der Waals surface area contributed by atoms with Crippen molar-refractivity contribution in [3.63, 3.8) is 0 Å². The molecule has 4 heteroatoms. The third-order valence-corrected chi connectivity index (χ3v) is 10.4. The molecule has 3 aromatic heterocycles. The van der Waals surface area contributed by atoms with E-state index >= 15 is 0 Å². The molecule has 242 valence electrons. The van der Waals surface area contributed by atoms with Crippen LogP contribution < -0.4 is 0 Å². The zero-order valence-corrected chi connectivity index (χ0v) is 28.0. The van der Waals surface area contributed by atoms with Gasteiger partial charge >= 0.3 is 0 Å². The fraction of sp³-hybridized carbons (Fsp3) is 0. The van der Waals surface area contributed by atoms with E-state index in [1.807, 2.05) is 24.3 Å². The van der Waals surface area contributed by atoms with E-state index in [1.165, 1.54) is 32.6 Å². The largest absolute Gasteiger partial charge is 0.452 e. The lowest BCUT2D eigenvalue weighted by molar-refractivity contribution is 0.667. The first-order valence-electron chi connectivity index (χ1n) is 17.6. The number of furan rings is 1. The lowest BCUT2D eigenvalue weighted by Gasteiger charge is -2.15. The van der Waals surface area contributed by atoms with Crippen LogP contribution in [0.1, 0.15) is 0 Å². The Morgan fingerprint density at radius 3 is 1.90 bits per heavy atom. The molecule has 0 bridgehead atoms. The minimum Gasteiger partial charge on any atom is -0.452 e. The van der Waals surface area contributed by atoms with Crippen molar-refractivity contribution in [2.24, 2.45) is 0 Å². The second-order valence-corrected chi connectivity index (χ2v) is 13.4. The molecular weight excluding hydrogens is 635 g/mol. The summed E-state index contributed by atoms with van der Waals surface area (Å²) in [5.41, 5.74) is 10.7. The molecule has 0 aliphatic heterocycles. The van der Waals surface area contributed by atoms with Gasteiger partial charge in [0.1, 0.15) is 16.8 Å². The van der Waals surface area contributed by atoms with Gasteiger partial charge in [0.2, 0.25) is 0 Å². The first-order chi connectivity index (χ1) is 25.8. The molecular formula is C48H29N3O. The van der Waals surface area contributed by atoms with Crippen LogP contribution in [0.25, 0.3) is 105 Å². The number of nitrogens with zero attached hydrogens (tertiary/aromatic N) is 3. The fourth-order valence-electron chi connectivity index (χ4n) is 7.95. The van der Waals surface area contributed by atoms with Gasteiger partial charge in [0.15, 0.2) is 11.4 Å². The maximum absolute atomic E-state index is 6.70. The Hall–Kier alpha value is -7.04. The normalized spacial score (nSPS) is 11.8. The van der Waals surface area contributed by atoms with E-state index < -0.39 is 0 Å². The summed E-state index contributed by atoms with van der Waals surface area (Å²) >= 11 is 0. The van der Waals surface area contributed by atoms with Crippen LogP contribution in [-0.4, -0.2) is 14.5 Å². The van der Waals surface area contributed by atoms with Crippen LogP contribution in [-0.2, 0) is 0 Å². The average molecular weight is 664 g/mol. The zero-order chi connectivity index (χ0) is 34.2. The highest BCUT2D eigenvalue weighted by Gasteiger charge is 2.22. The summed E-state index contributed by atoms with van der Waals surface area (Å²) in [6.45, 7) is 0. The Morgan fingerprint density at radius 2 is 1.10 bits per heavy atom. The molecule has 3 heterocycles. The molecule has 8 aromatic carbocycles. The predicted molar refractivity (Wildman–Crippen MR) is 215 cm³/mol. The lowest BCUT2D eigenvalue weighted by Crippen LogP contribution is -1.98. The molecule has 0 atom stereocenters. The molecule has 0 radical (unpaired) electrons. The van der Waals surface area contributed by atoms with Crippen molar-refractivity contribution in [2.45, 2.75) is 0 Å². The second-order valence-electron chi connectivity index (χ2n) is 13.4. The maximum Gasteiger partial charge on any atom is 0.180 e. The number of para-hydroxylation sites is 1. The summed E-state index contributed by atoms with van der Waals surface area (Å²) < 4.78 is 9.11. The SMILES string of the molecule is c1ccc(-c2ccc3oc4c(-c5ccc(-n6c7ccccc7c7cc8ccccc8cc76)c6ccccc56)nc(-c5ccccc5)nc4c3c2)cc1. The molecule has 0 saturated heterocycles. The van der Waals surface area contributed by atoms with Crippen LogP contribution in [0.2, 0.25) is 0 Å². The summed E-state index contributed by atoms with van der Waals surface area (Å²) in [7, 11) is 0. The summed E-state index contributed by atoms with van der Waals surface area (Å²) in [4.78, 5) is 10.5. The quantitative estimate of drug-likeness (QED) is 0.188. The molecule has 0 unspecified atom stereocenters. The van der Waals surface area contributed by atoms with Crippen molar-refractivity contribution >= 4 is 65.4 Å². The Kier molecular flexibility index (Phi) is 6.22. The molecule has 0 aliphatic rings. The molecule has 11 aromatic rings. The third kappa shape index (κ3) is 4.34. The van der Waals surface area contributed by atoms with E-state index in [9.17, 15) is 0 Å². The summed E-state index contributed by atoms with van der Waals surface area (Å²) in [6, 6.07) is 62.1. The smallest absolute Gasteiger partial charge is 0.180 e. The molecule has 52 heavy (non-hydrogen) atoms. The van der Waals surface area contributed by atoms with Gasteiger partial charge in [0, 0.05) is 32.7 Å². The zero-order valence-electron chi connectivity index (χ0n) is 28.0. The van der Waals surface area contributed by atoms with Crippen LogP contribution in [0.5, 0.6) is 0 Å². The molecule has 0 aliphatic carbocycles. The third-order valence-electron chi connectivity index (χ3n) is 10.4. The topological polar surface area (TPSA) is 43.9 Å². The summed E-state index contributed by atoms with van der Waals surface area (Å²) in [5, 5.41) is 8.13. The first kappa shape index (κ1) is 28.8. The molecule has 11 rings (SSSR count). The molecule has 0 saturated carbocycles. The summed E-state index contributed by atoms with van der Waals surface area (Å²) in [6.07, 6.45) is 0. The molecule has 0 spiro atoms. The maximum atomic E-state index is 6.70. The van der Waals surface area contributed by atoms with Gasteiger partial charge < -0.3 is 8.98 Å². The van der Waals surface area contributed by atoms with Crippen molar-refractivity contribution in [3.8, 4) is 39.5 Å². The van der Waals surface area contributed by atoms with E-state index in [1.54, 1.807) is 0 Å². The van der Waals surface area contributed by atoms with Gasteiger partial charge in [-0.3, -0.25) is 0 Å². The molecule has 4 nitrogen and oxygen atoms in total. The Balaban J connectivity index is 1.20. The van der Waals surface area contributed by atoms with Gasteiger partial charge in [-0.05, 0) is 69.8 Å². The van der Waals surface area contributed by atoms with E-state index in [0.29, 0.717) is 11.4 Å². The average Bonchev–Trinajstić information content (AvgIpc) is 3.75. The minimum absolute atomic E-state index is 0.665. The van der Waals surface area contributed by atoms with Crippen molar-refractivity contribution in [3.05, 3.63) is 176 Å². The lowest BCUT2D eigenvalue weighted by atomic mass is 9.99. The van der Waals surface area contributed by atoms with Crippen molar-refractivity contribution in [2.75, 3.05) is 0 Å². The number of aromatic nitrogens is 3. The van der Waals surface area contributed by atoms with E-state index in [2.05, 4.69) is 156 Å². The van der Waals surface area contributed by atoms with Crippen LogP contribution in [0.15, 0.2) is 180 Å². The van der Waals surface area contributed by atoms with Gasteiger partial charge in [-0.2, -0.15) is 0 Å². The Labute approximate surface area is 298 Å². The van der Waals surface area contributed by atoms with Crippen LogP contribution in [0.4, 0.5) is 0 Å².